The van der Waals surface area contributed by atoms with Crippen molar-refractivity contribution in [1.82, 2.24) is 14.9 Å². The van der Waals surface area contributed by atoms with Crippen molar-refractivity contribution in [2.75, 3.05) is 74.6 Å². The monoisotopic (exact) mass is 558 g/mol. The summed E-state index contributed by atoms with van der Waals surface area (Å²) in [6, 6.07) is 11.4. The molecule has 214 valence electrons. The molecule has 1 N–H and O–H groups in total. The van der Waals surface area contributed by atoms with Crippen molar-refractivity contribution >= 4 is 23.4 Å². The summed E-state index contributed by atoms with van der Waals surface area (Å²) in [5.74, 6) is 0.341. The highest BCUT2D eigenvalue weighted by Gasteiger charge is 2.50. The van der Waals surface area contributed by atoms with Crippen LogP contribution in [0.15, 0.2) is 41.2 Å². The van der Waals surface area contributed by atoms with Crippen LogP contribution in [0, 0.1) is 5.82 Å². The molecule has 0 aliphatic carbocycles. The van der Waals surface area contributed by atoms with Crippen molar-refractivity contribution in [3.8, 4) is 11.1 Å². The Morgan fingerprint density at radius 2 is 1.63 bits per heavy atom. The Kier molecular flexibility index (Phi) is 6.26. The summed E-state index contributed by atoms with van der Waals surface area (Å²) < 4.78 is 21.8. The summed E-state index contributed by atoms with van der Waals surface area (Å²) in [4.78, 5) is 42.2. The molecule has 0 saturated carbocycles. The van der Waals surface area contributed by atoms with Crippen LogP contribution in [0.5, 0.6) is 0 Å². The standard InChI is InChI=1S/C31H35FN6O3/c1-35-14-16-37(17-15-35)22-7-5-20(6-8-22)21-18-24-26(25(32)19-21)31(41-29(24)40)9-12-38(13-10-31)30-33-27-23(28(39)34-30)4-3-11-36(27)2/h5-8,18-19H,3-4,9-17H2,1-2H3,(H,33,34,39). The fourth-order valence-electron chi connectivity index (χ4n) is 6.81. The molecule has 3 aromatic rings. The number of piperazine rings is 1. The summed E-state index contributed by atoms with van der Waals surface area (Å²) >= 11 is 0. The van der Waals surface area contributed by atoms with Gasteiger partial charge in [-0.3, -0.25) is 9.78 Å². The molecule has 0 unspecified atom stereocenters. The second-order valence-corrected chi connectivity index (χ2v) is 11.8. The van der Waals surface area contributed by atoms with E-state index in [-0.39, 0.29) is 5.56 Å². The smallest absolute Gasteiger partial charge is 0.339 e. The quantitative estimate of drug-likeness (QED) is 0.490. The first kappa shape index (κ1) is 26.0. The normalized spacial score (nSPS) is 20.3. The maximum absolute atomic E-state index is 15.8. The maximum Gasteiger partial charge on any atom is 0.339 e. The molecule has 2 saturated heterocycles. The van der Waals surface area contributed by atoms with Crippen LogP contribution >= 0.6 is 0 Å². The molecule has 4 aliphatic heterocycles. The Balaban J connectivity index is 1.12. The molecule has 41 heavy (non-hydrogen) atoms. The molecule has 2 aromatic carbocycles. The van der Waals surface area contributed by atoms with Gasteiger partial charge < -0.3 is 24.3 Å². The Hall–Kier alpha value is -3.92. The first-order chi connectivity index (χ1) is 19.8. The molecule has 2 fully saturated rings. The Morgan fingerprint density at radius 3 is 2.37 bits per heavy atom. The van der Waals surface area contributed by atoms with Gasteiger partial charge in [-0.05, 0) is 55.3 Å². The van der Waals surface area contributed by atoms with E-state index in [0.717, 1.165) is 68.2 Å². The number of H-pyrrole nitrogens is 1. The molecule has 1 aromatic heterocycles. The number of rotatable bonds is 3. The van der Waals surface area contributed by atoms with Gasteiger partial charge in [0.25, 0.3) is 5.56 Å². The zero-order valence-electron chi connectivity index (χ0n) is 23.6. The lowest BCUT2D eigenvalue weighted by atomic mass is 9.82. The number of benzene rings is 2. The van der Waals surface area contributed by atoms with E-state index in [2.05, 4.69) is 34.0 Å². The van der Waals surface area contributed by atoms with E-state index >= 15 is 4.39 Å². The van der Waals surface area contributed by atoms with Crippen LogP contribution in [0.4, 0.5) is 21.8 Å². The number of carbonyl (C=O) groups is 1. The lowest BCUT2D eigenvalue weighted by Crippen LogP contribution is -2.44. The Morgan fingerprint density at radius 1 is 0.902 bits per heavy atom. The number of fused-ring (bicyclic) bond motifs is 3. The number of ether oxygens (including phenoxy) is 1. The van der Waals surface area contributed by atoms with Crippen LogP contribution in [-0.4, -0.2) is 80.7 Å². The van der Waals surface area contributed by atoms with Gasteiger partial charge in [0.05, 0.1) is 11.1 Å². The third-order valence-corrected chi connectivity index (χ3v) is 9.26. The number of carbonyl (C=O) groups excluding carboxylic acids is 1. The van der Waals surface area contributed by atoms with Gasteiger partial charge in [0.2, 0.25) is 5.95 Å². The number of aromatic nitrogens is 2. The van der Waals surface area contributed by atoms with Crippen LogP contribution in [0.3, 0.4) is 0 Å². The molecular formula is C31H35FN6O3. The SMILES string of the molecule is CN1CCN(c2ccc(-c3cc(F)c4c(c3)C(=O)OC43CCN(c4nc5c(c(=O)[nH]4)CCCN5C)CC3)cc2)CC1. The second-order valence-electron chi connectivity index (χ2n) is 11.8. The van der Waals surface area contributed by atoms with E-state index in [4.69, 9.17) is 9.72 Å². The van der Waals surface area contributed by atoms with Crippen molar-refractivity contribution in [2.24, 2.45) is 0 Å². The highest BCUT2D eigenvalue weighted by Crippen LogP contribution is 2.47. The molecule has 9 nitrogen and oxygen atoms in total. The van der Waals surface area contributed by atoms with Gasteiger partial charge in [0.1, 0.15) is 17.2 Å². The number of nitrogens with zero attached hydrogens (tertiary/aromatic N) is 5. The van der Waals surface area contributed by atoms with Crippen LogP contribution in [-0.2, 0) is 16.8 Å². The number of piperidine rings is 1. The van der Waals surface area contributed by atoms with E-state index < -0.39 is 17.4 Å². The molecule has 5 heterocycles. The first-order valence-electron chi connectivity index (χ1n) is 14.5. The second kappa shape index (κ2) is 9.87. The third kappa shape index (κ3) is 4.45. The fraction of sp³-hybridized carbons (Fsp3) is 0.452. The fourth-order valence-corrected chi connectivity index (χ4v) is 6.81. The van der Waals surface area contributed by atoms with Gasteiger partial charge in [0.15, 0.2) is 0 Å². The van der Waals surface area contributed by atoms with Crippen molar-refractivity contribution in [3.63, 3.8) is 0 Å². The summed E-state index contributed by atoms with van der Waals surface area (Å²) in [6.07, 6.45) is 2.48. The van der Waals surface area contributed by atoms with Gasteiger partial charge in [0, 0.05) is 77.0 Å². The zero-order valence-corrected chi connectivity index (χ0v) is 23.6. The van der Waals surface area contributed by atoms with E-state index in [1.807, 2.05) is 29.0 Å². The van der Waals surface area contributed by atoms with Crippen LogP contribution < -0.4 is 20.3 Å². The number of likely N-dealkylation sites (N-methyl/N-ethyl adjacent to an activating group) is 1. The van der Waals surface area contributed by atoms with Crippen LogP contribution in [0.25, 0.3) is 11.1 Å². The summed E-state index contributed by atoms with van der Waals surface area (Å²) in [5, 5.41) is 0. The first-order valence-corrected chi connectivity index (χ1v) is 14.5. The van der Waals surface area contributed by atoms with Crippen molar-refractivity contribution < 1.29 is 13.9 Å². The van der Waals surface area contributed by atoms with E-state index in [1.165, 1.54) is 6.07 Å². The maximum atomic E-state index is 15.8. The lowest BCUT2D eigenvalue weighted by Gasteiger charge is -2.39. The minimum atomic E-state index is -1.01. The molecule has 1 spiro atoms. The van der Waals surface area contributed by atoms with Gasteiger partial charge in [-0.25, -0.2) is 9.18 Å². The van der Waals surface area contributed by atoms with Gasteiger partial charge >= 0.3 is 5.97 Å². The number of nitrogens with one attached hydrogen (secondary N) is 1. The third-order valence-electron chi connectivity index (χ3n) is 9.26. The molecule has 0 radical (unpaired) electrons. The minimum Gasteiger partial charge on any atom is -0.450 e. The van der Waals surface area contributed by atoms with E-state index in [1.54, 1.807) is 6.07 Å². The average molecular weight is 559 g/mol. The van der Waals surface area contributed by atoms with Crippen molar-refractivity contribution in [3.05, 3.63) is 69.3 Å². The molecule has 7 rings (SSSR count). The number of anilines is 3. The number of aromatic amines is 1. The highest BCUT2D eigenvalue weighted by molar-refractivity contribution is 5.96. The van der Waals surface area contributed by atoms with Gasteiger partial charge in [-0.1, -0.05) is 12.1 Å². The molecular weight excluding hydrogens is 523 g/mol. The largest absolute Gasteiger partial charge is 0.450 e. The average Bonchev–Trinajstić information content (AvgIpc) is 3.25. The van der Waals surface area contributed by atoms with Crippen LogP contribution in [0.2, 0.25) is 0 Å². The van der Waals surface area contributed by atoms with Crippen molar-refractivity contribution in [2.45, 2.75) is 31.3 Å². The molecule has 0 atom stereocenters. The predicted molar refractivity (Wildman–Crippen MR) is 157 cm³/mol. The van der Waals surface area contributed by atoms with E-state index in [0.29, 0.717) is 48.6 Å². The Bertz CT molecular complexity index is 1560. The zero-order chi connectivity index (χ0) is 28.3. The topological polar surface area (TPSA) is 85.0 Å². The van der Waals surface area contributed by atoms with Gasteiger partial charge in [-0.2, -0.15) is 4.98 Å². The number of hydrogen-bond acceptors (Lipinski definition) is 8. The lowest BCUT2D eigenvalue weighted by molar-refractivity contribution is -0.0225. The molecule has 4 aliphatic rings. The minimum absolute atomic E-state index is 0.107. The number of hydrogen-bond donors (Lipinski definition) is 1. The number of halogens is 1. The summed E-state index contributed by atoms with van der Waals surface area (Å²) in [5.41, 5.74) is 2.94. The van der Waals surface area contributed by atoms with Crippen molar-refractivity contribution in [1.29, 1.82) is 0 Å². The van der Waals surface area contributed by atoms with Crippen LogP contribution in [0.1, 0.15) is 40.7 Å². The molecule has 10 heteroatoms. The summed E-state index contributed by atoms with van der Waals surface area (Å²) in [6.45, 7) is 5.83. The van der Waals surface area contributed by atoms with Gasteiger partial charge in [-0.15, -0.1) is 0 Å². The highest BCUT2D eigenvalue weighted by atomic mass is 19.1. The summed E-state index contributed by atoms with van der Waals surface area (Å²) in [7, 11) is 4.09. The molecule has 0 amide bonds. The predicted octanol–water partition coefficient (Wildman–Crippen LogP) is 3.38. The Labute approximate surface area is 238 Å². The number of esters is 1. The molecule has 0 bridgehead atoms. The van der Waals surface area contributed by atoms with E-state index in [9.17, 15) is 9.59 Å².